The van der Waals surface area contributed by atoms with E-state index >= 15 is 0 Å². The third kappa shape index (κ3) is 1.61. The number of nitrogens with two attached hydrogens (primary N) is 1. The molecule has 5 rings (SSSR count). The minimum Gasteiger partial charge on any atom is -0.368 e. The number of fused-ring (bicyclic) bond motifs is 1. The van der Waals surface area contributed by atoms with E-state index in [1.165, 1.54) is 12.8 Å². The van der Waals surface area contributed by atoms with Gasteiger partial charge in [0.25, 0.3) is 0 Å². The van der Waals surface area contributed by atoms with E-state index in [0.717, 1.165) is 28.6 Å². The van der Waals surface area contributed by atoms with Gasteiger partial charge in [0.2, 0.25) is 5.95 Å². The van der Waals surface area contributed by atoms with Gasteiger partial charge >= 0.3 is 0 Å². The summed E-state index contributed by atoms with van der Waals surface area (Å²) in [6.45, 7) is 1.88. The van der Waals surface area contributed by atoms with Crippen LogP contribution >= 0.6 is 0 Å². The van der Waals surface area contributed by atoms with Gasteiger partial charge in [-0.25, -0.2) is 9.67 Å². The first-order valence-corrected chi connectivity index (χ1v) is 8.08. The summed E-state index contributed by atoms with van der Waals surface area (Å²) >= 11 is 0. The quantitative estimate of drug-likeness (QED) is 0.784. The molecule has 1 spiro atoms. The third-order valence-corrected chi connectivity index (χ3v) is 5.57. The maximum Gasteiger partial charge on any atom is 0.222 e. The van der Waals surface area contributed by atoms with Gasteiger partial charge in [0.05, 0.1) is 23.2 Å². The fraction of sp³-hybridized carbons (Fsp3) is 0.333. The topological polar surface area (TPSA) is 93.4 Å². The third-order valence-electron chi connectivity index (χ3n) is 5.57. The van der Waals surface area contributed by atoms with Crippen LogP contribution in [0.2, 0.25) is 0 Å². The van der Waals surface area contributed by atoms with Gasteiger partial charge in [-0.05, 0) is 43.2 Å². The zero-order chi connectivity index (χ0) is 16.5. The number of hydrogen-bond acceptors (Lipinski definition) is 5. The van der Waals surface area contributed by atoms with Crippen LogP contribution in [0.4, 0.5) is 5.95 Å². The molecule has 0 bridgehead atoms. The van der Waals surface area contributed by atoms with Gasteiger partial charge in [-0.2, -0.15) is 15.3 Å². The van der Waals surface area contributed by atoms with Gasteiger partial charge in [0, 0.05) is 17.1 Å². The average Bonchev–Trinajstić information content (AvgIpc) is 3.43. The Labute approximate surface area is 138 Å². The largest absolute Gasteiger partial charge is 0.368 e. The molecule has 2 saturated carbocycles. The van der Waals surface area contributed by atoms with Gasteiger partial charge in [0.1, 0.15) is 0 Å². The predicted octanol–water partition coefficient (Wildman–Crippen LogP) is 2.65. The summed E-state index contributed by atoms with van der Waals surface area (Å²) in [5, 5.41) is 15.2. The molecule has 2 aliphatic rings. The summed E-state index contributed by atoms with van der Waals surface area (Å²) in [5.41, 5.74) is 8.55. The molecule has 2 N–H and O–H groups in total. The van der Waals surface area contributed by atoms with Crippen LogP contribution in [0.25, 0.3) is 16.7 Å². The smallest absolute Gasteiger partial charge is 0.222 e. The number of nitrogens with zero attached hydrogens (tertiary/aromatic N) is 5. The van der Waals surface area contributed by atoms with Crippen LogP contribution in [-0.2, 0) is 5.41 Å². The Hall–Kier alpha value is -2.94. The van der Waals surface area contributed by atoms with Crippen molar-refractivity contribution in [2.75, 3.05) is 5.73 Å². The Morgan fingerprint density at radius 1 is 1.25 bits per heavy atom. The van der Waals surface area contributed by atoms with E-state index in [1.54, 1.807) is 4.68 Å². The highest BCUT2D eigenvalue weighted by molar-refractivity contribution is 5.81. The summed E-state index contributed by atoms with van der Waals surface area (Å²) in [6, 6.07) is 10.6. The number of rotatable bonds is 2. The highest BCUT2D eigenvalue weighted by Gasteiger charge is 2.75. The van der Waals surface area contributed by atoms with Crippen molar-refractivity contribution in [1.82, 2.24) is 19.7 Å². The van der Waals surface area contributed by atoms with Crippen LogP contribution in [0.1, 0.15) is 30.5 Å². The molecule has 0 saturated heterocycles. The maximum atomic E-state index is 9.76. The number of nitrogen functional groups attached to an aromatic ring is 1. The van der Waals surface area contributed by atoms with Crippen LogP contribution in [-0.4, -0.2) is 19.7 Å². The van der Waals surface area contributed by atoms with Crippen molar-refractivity contribution in [2.24, 2.45) is 5.41 Å². The summed E-state index contributed by atoms with van der Waals surface area (Å²) in [4.78, 5) is 8.41. The second-order valence-electron chi connectivity index (χ2n) is 7.03. The number of anilines is 1. The first kappa shape index (κ1) is 13.5. The molecule has 6 nitrogen and oxygen atoms in total. The molecule has 1 aromatic carbocycles. The number of aromatic nitrogens is 4. The van der Waals surface area contributed by atoms with Gasteiger partial charge in [-0.15, -0.1) is 0 Å². The summed E-state index contributed by atoms with van der Waals surface area (Å²) in [7, 11) is 0. The normalized spacial score (nSPS) is 23.3. The standard InChI is InChI=1S/C18H16N6/c1-11-6-15(23-16(20)22-11)24-14-7-13(3-2-12(14)8-21-24)18(10-19)9-17(18)4-5-17/h2-3,6-8H,4-5,9H2,1H3,(H2,20,22,23)/t18-/m1/s1. The molecule has 0 unspecified atom stereocenters. The summed E-state index contributed by atoms with van der Waals surface area (Å²) in [6.07, 6.45) is 5.13. The van der Waals surface area contributed by atoms with Crippen molar-refractivity contribution in [2.45, 2.75) is 31.6 Å². The molecule has 118 valence electrons. The Morgan fingerprint density at radius 2 is 2.08 bits per heavy atom. The van der Waals surface area contributed by atoms with E-state index in [-0.39, 0.29) is 16.8 Å². The molecule has 24 heavy (non-hydrogen) atoms. The Balaban J connectivity index is 1.69. The fourth-order valence-corrected chi connectivity index (χ4v) is 4.00. The zero-order valence-corrected chi connectivity index (χ0v) is 13.3. The van der Waals surface area contributed by atoms with Crippen molar-refractivity contribution in [3.63, 3.8) is 0 Å². The molecule has 0 amide bonds. The predicted molar refractivity (Wildman–Crippen MR) is 89.4 cm³/mol. The Kier molecular flexibility index (Phi) is 2.32. The van der Waals surface area contributed by atoms with E-state index in [0.29, 0.717) is 5.82 Å². The van der Waals surface area contributed by atoms with Crippen LogP contribution in [0, 0.1) is 23.7 Å². The monoisotopic (exact) mass is 316 g/mol. The highest BCUT2D eigenvalue weighted by atomic mass is 15.3. The molecule has 6 heteroatoms. The van der Waals surface area contributed by atoms with E-state index < -0.39 is 0 Å². The van der Waals surface area contributed by atoms with Crippen LogP contribution in [0.3, 0.4) is 0 Å². The molecule has 2 aromatic heterocycles. The lowest BCUT2D eigenvalue weighted by Gasteiger charge is -2.10. The second-order valence-corrected chi connectivity index (χ2v) is 7.03. The molecule has 1 atom stereocenters. The van der Waals surface area contributed by atoms with E-state index in [9.17, 15) is 5.26 Å². The lowest BCUT2D eigenvalue weighted by Crippen LogP contribution is -2.08. The lowest BCUT2D eigenvalue weighted by atomic mass is 9.93. The van der Waals surface area contributed by atoms with E-state index in [4.69, 9.17) is 5.73 Å². The number of hydrogen-bond donors (Lipinski definition) is 1. The molecular formula is C18H16N6. The van der Waals surface area contributed by atoms with Crippen molar-refractivity contribution in [3.8, 4) is 11.9 Å². The Bertz CT molecular complexity index is 1020. The SMILES string of the molecule is Cc1cc(-n2ncc3ccc([C@]4(C#N)CC45CC5)cc32)nc(N)n1. The first-order chi connectivity index (χ1) is 11.6. The number of aryl methyl sites for hydroxylation is 1. The average molecular weight is 316 g/mol. The van der Waals surface area contributed by atoms with Gasteiger partial charge in [-0.1, -0.05) is 12.1 Å². The molecule has 2 heterocycles. The van der Waals surface area contributed by atoms with Crippen molar-refractivity contribution in [1.29, 1.82) is 5.26 Å². The molecule has 0 radical (unpaired) electrons. The number of benzene rings is 1. The van der Waals surface area contributed by atoms with Crippen LogP contribution in [0.5, 0.6) is 0 Å². The minimum atomic E-state index is -0.309. The van der Waals surface area contributed by atoms with Crippen LogP contribution in [0.15, 0.2) is 30.5 Å². The van der Waals surface area contributed by atoms with Crippen LogP contribution < -0.4 is 5.73 Å². The van der Waals surface area contributed by atoms with Crippen molar-refractivity contribution in [3.05, 3.63) is 41.7 Å². The van der Waals surface area contributed by atoms with E-state index in [1.807, 2.05) is 25.3 Å². The molecule has 0 aliphatic heterocycles. The van der Waals surface area contributed by atoms with Crippen molar-refractivity contribution < 1.29 is 0 Å². The highest BCUT2D eigenvalue weighted by Crippen LogP contribution is 2.78. The molecule has 3 aromatic rings. The minimum absolute atomic E-state index is 0.234. The number of nitriles is 1. The summed E-state index contributed by atoms with van der Waals surface area (Å²) < 4.78 is 1.77. The molecule has 2 aliphatic carbocycles. The first-order valence-electron chi connectivity index (χ1n) is 8.08. The maximum absolute atomic E-state index is 9.76. The molecular weight excluding hydrogens is 300 g/mol. The van der Waals surface area contributed by atoms with Gasteiger partial charge in [-0.3, -0.25) is 0 Å². The summed E-state index contributed by atoms with van der Waals surface area (Å²) in [5.74, 6) is 0.882. The van der Waals surface area contributed by atoms with E-state index in [2.05, 4.69) is 33.3 Å². The lowest BCUT2D eigenvalue weighted by molar-refractivity contribution is 0.737. The van der Waals surface area contributed by atoms with Crippen molar-refractivity contribution >= 4 is 16.9 Å². The molecule has 2 fully saturated rings. The van der Waals surface area contributed by atoms with Gasteiger partial charge < -0.3 is 5.73 Å². The van der Waals surface area contributed by atoms with Gasteiger partial charge in [0.15, 0.2) is 5.82 Å². The fourth-order valence-electron chi connectivity index (χ4n) is 4.00. The zero-order valence-electron chi connectivity index (χ0n) is 13.3. The Morgan fingerprint density at radius 3 is 2.75 bits per heavy atom. The second kappa shape index (κ2) is 4.12.